The molecule has 0 aliphatic carbocycles. The molecule has 0 aliphatic rings. The van der Waals surface area contributed by atoms with E-state index in [1.807, 2.05) is 12.4 Å². The number of thiocarbonyl (C=S) groups is 2. The molecule has 0 fully saturated rings. The van der Waals surface area contributed by atoms with Crippen molar-refractivity contribution in [1.29, 1.82) is 0 Å². The third-order valence-corrected chi connectivity index (χ3v) is 13.6. The van der Waals surface area contributed by atoms with E-state index in [9.17, 15) is 9.59 Å². The summed E-state index contributed by atoms with van der Waals surface area (Å²) >= 11 is 7.40. The molecule has 0 aliphatic heterocycles. The Balaban J connectivity index is -0.000000369. The van der Waals surface area contributed by atoms with Crippen LogP contribution in [-0.4, -0.2) is 43.2 Å². The molecule has 4 aromatic heterocycles. The summed E-state index contributed by atoms with van der Waals surface area (Å²) in [7, 11) is 0. The SMILES string of the molecule is O=COc1ccnc(-c2cc(OC=O)ccn2)c1.[CH2-]c1ccc(C(c2ccc(CC)cc2)c2ccc(Cc3ccnc(-c4cc(Cc5ccc(N(c6ccc(CC)cc6)c6ccc(CC)cc6)cc5)ccn4)c3)cc2)cc1.[N-]=C=S.[N-]=C=S.[Ru+2].[Y].[Y].[Y].[Y].[Y].[Y].[Y].[Y].[Y].[Y].[Y].[Y]. The number of carbonyl (C=O) groups excluding carboxylic acids is 2. The Hall–Kier alpha value is 4.00. The van der Waals surface area contributed by atoms with Crippen LogP contribution in [0.5, 0.6) is 11.5 Å². The summed E-state index contributed by atoms with van der Waals surface area (Å²) in [4.78, 5) is 40.5. The fourth-order valence-corrected chi connectivity index (χ4v) is 9.31. The van der Waals surface area contributed by atoms with Gasteiger partial charge in [0.25, 0.3) is 12.9 Å². The van der Waals surface area contributed by atoms with Crippen molar-refractivity contribution in [2.75, 3.05) is 4.90 Å². The number of benzene rings is 6. The number of hydrogen-bond acceptors (Lipinski definition) is 11. The minimum absolute atomic E-state index is 0. The Morgan fingerprint density at radius 3 is 0.938 bits per heavy atom. The topological polar surface area (TPSA) is 152 Å². The molecule has 0 amide bonds. The third-order valence-electron chi connectivity index (χ3n) is 13.6. The first-order chi connectivity index (χ1) is 40.6. The molecule has 0 N–H and O–H groups in total. The molecule has 6 aromatic carbocycles. The Morgan fingerprint density at radius 1 is 0.396 bits per heavy atom. The van der Waals surface area contributed by atoms with Crippen molar-refractivity contribution in [3.63, 3.8) is 0 Å². The maximum atomic E-state index is 10.2. The number of isothiocyanates is 2. The molecule has 96 heavy (non-hydrogen) atoms. The summed E-state index contributed by atoms with van der Waals surface area (Å²) < 4.78 is 9.42. The van der Waals surface area contributed by atoms with Crippen LogP contribution in [0, 0.1) is 6.92 Å². The van der Waals surface area contributed by atoms with Gasteiger partial charge in [-0.25, -0.2) is 0 Å². The van der Waals surface area contributed by atoms with Crippen molar-refractivity contribution in [1.82, 2.24) is 19.9 Å². The van der Waals surface area contributed by atoms with Crippen molar-refractivity contribution in [3.8, 4) is 34.3 Å². The van der Waals surface area contributed by atoms with Crippen molar-refractivity contribution in [2.24, 2.45) is 0 Å². The van der Waals surface area contributed by atoms with E-state index in [0.717, 1.165) is 66.1 Å². The van der Waals surface area contributed by atoms with Gasteiger partial charge in [0.05, 0.1) is 22.8 Å². The molecule has 12 radical (unpaired) electrons. The second-order valence-corrected chi connectivity index (χ2v) is 19.2. The number of carbonyl (C=O) groups is 2. The molecule has 456 valence electrons. The van der Waals surface area contributed by atoms with Crippen molar-refractivity contribution in [3.05, 3.63) is 298 Å². The normalized spacial score (nSPS) is 9.11. The molecule has 10 aromatic rings. The molecule has 1 unspecified atom stereocenters. The van der Waals surface area contributed by atoms with E-state index in [2.05, 4.69) is 237 Å². The molecule has 10 rings (SSSR count). The van der Waals surface area contributed by atoms with E-state index in [1.54, 1.807) is 24.3 Å². The fourth-order valence-electron chi connectivity index (χ4n) is 9.31. The van der Waals surface area contributed by atoms with Crippen molar-refractivity contribution >= 4 is 64.8 Å². The standard InChI is InChI=1S/C56H52N3.C12H8N2O4.2CNS.Ru.12Y/c1-5-41-10-22-49(23-11-41)56(48-20-8-40(4)9-21-48)50-24-12-44(13-25-50)36-46-32-34-57-54(38-46)55-39-47(33-35-58-55)37-45-18-30-53(31-19-45)59(51-26-14-42(6-2)15-27-51)52-28-16-43(7-3)17-29-52;15-7-17-9-1-3-13-11(5-9)12-6-10(18-8-16)2-4-14-12;2*2-1-3;;;;;;;;;;;;;/h8-35,38-39,56H,4-7,36-37H2,1-3H3;1-8H;;;;;;;;;;;;;;;/q-1;;2*-1;+2;;;;;;;;;;;;. The first-order valence-corrected chi connectivity index (χ1v) is 27.7. The fraction of sp³-hybridized carbons (Fsp3) is 0.129. The molecule has 0 spiro atoms. The van der Waals surface area contributed by atoms with E-state index in [0.29, 0.717) is 35.8 Å². The van der Waals surface area contributed by atoms with E-state index >= 15 is 0 Å². The van der Waals surface area contributed by atoms with Crippen LogP contribution in [0.1, 0.15) is 87.9 Å². The first-order valence-electron chi connectivity index (χ1n) is 26.8. The van der Waals surface area contributed by atoms with Gasteiger partial charge in [-0.3, -0.25) is 29.5 Å². The maximum Gasteiger partial charge on any atom is 2.00 e. The summed E-state index contributed by atoms with van der Waals surface area (Å²) in [6.07, 6.45) is 11.5. The summed E-state index contributed by atoms with van der Waals surface area (Å²) in [5, 5.41) is 16.9. The number of anilines is 3. The smallest absolute Gasteiger partial charge is 0.753 e. The second kappa shape index (κ2) is 64.9. The van der Waals surface area contributed by atoms with Crippen LogP contribution < -0.4 is 14.4 Å². The Kier molecular flexibility index (Phi) is 76.7. The number of rotatable bonds is 19. The number of aromatic nitrogens is 4. The number of hydrogen-bond donors (Lipinski definition) is 0. The van der Waals surface area contributed by atoms with Crippen LogP contribution in [-0.2, 0) is 454 Å². The monoisotopic (exact) mass is 2300 g/mol. The molecule has 0 saturated carbocycles. The molecule has 1 atom stereocenters. The van der Waals surface area contributed by atoms with Crippen LogP contribution in [0.25, 0.3) is 33.6 Å². The van der Waals surface area contributed by atoms with Gasteiger partial charge in [-0.1, -0.05) is 136 Å². The predicted octanol–water partition coefficient (Wildman–Crippen LogP) is 16.3. The number of aryl methyl sites for hydroxylation is 3. The Morgan fingerprint density at radius 2 is 0.646 bits per heavy atom. The number of nitrogens with zero attached hydrogens (tertiary/aromatic N) is 7. The third kappa shape index (κ3) is 37.9. The van der Waals surface area contributed by atoms with Gasteiger partial charge >= 0.3 is 19.5 Å². The van der Waals surface area contributed by atoms with E-state index in [-0.39, 0.29) is 418 Å². The van der Waals surface area contributed by atoms with Gasteiger partial charge < -0.3 is 25.2 Å². The molecule has 0 saturated heterocycles. The van der Waals surface area contributed by atoms with Gasteiger partial charge in [-0.2, -0.15) is 34.9 Å². The maximum absolute atomic E-state index is 10.2. The van der Waals surface area contributed by atoms with Gasteiger partial charge in [0.2, 0.25) is 0 Å². The quantitative estimate of drug-likeness (QED) is 0.0190. The van der Waals surface area contributed by atoms with Crippen molar-refractivity contribution < 1.29 is 431 Å². The summed E-state index contributed by atoms with van der Waals surface area (Å²) in [6.45, 7) is 11.4. The minimum Gasteiger partial charge on any atom is -0.753 e. The zero-order valence-corrected chi connectivity index (χ0v) is 91.1. The van der Waals surface area contributed by atoms with Gasteiger partial charge in [0, 0.05) is 452 Å². The molecule has 0 bridgehead atoms. The van der Waals surface area contributed by atoms with Crippen LogP contribution in [0.4, 0.5) is 17.1 Å². The molecular weight excluding hydrogens is 2230 g/mol. The number of pyridine rings is 4. The van der Waals surface area contributed by atoms with Crippen LogP contribution in [0.2, 0.25) is 0 Å². The van der Waals surface area contributed by atoms with Gasteiger partial charge in [0.15, 0.2) is 0 Å². The van der Waals surface area contributed by atoms with Crippen LogP contribution >= 0.6 is 24.4 Å². The molecule has 4 heterocycles. The van der Waals surface area contributed by atoms with E-state index < -0.39 is 0 Å². The Labute approximate surface area is 892 Å². The zero-order chi connectivity index (χ0) is 58.8. The van der Waals surface area contributed by atoms with Gasteiger partial charge in [0.1, 0.15) is 11.5 Å². The Bertz CT molecular complexity index is 3690. The summed E-state index contributed by atoms with van der Waals surface area (Å²) in [6, 6.07) is 68.4. The summed E-state index contributed by atoms with van der Waals surface area (Å²) in [5.74, 6) is 0.873. The average molecular weight is 2300 g/mol. The molecular formula is C70H60N7O4RuS2Y12-. The van der Waals surface area contributed by atoms with Gasteiger partial charge in [-0.15, -0.1) is 12.1 Å². The van der Waals surface area contributed by atoms with Crippen LogP contribution in [0.15, 0.2) is 219 Å². The van der Waals surface area contributed by atoms with E-state index in [4.69, 9.17) is 30.3 Å². The zero-order valence-electron chi connectivity index (χ0n) is 53.6. The predicted molar refractivity (Wildman–Crippen MR) is 340 cm³/mol. The average Bonchev–Trinajstić information content (AvgIpc) is 0.844. The second-order valence-electron chi connectivity index (χ2n) is 18.9. The number of ether oxygens (including phenoxy) is 2. The van der Waals surface area contributed by atoms with Gasteiger partial charge in [-0.05, 0) is 155 Å². The molecule has 26 heteroatoms. The van der Waals surface area contributed by atoms with Crippen molar-refractivity contribution in [2.45, 2.75) is 58.8 Å². The minimum atomic E-state index is 0. The molecule has 11 nitrogen and oxygen atoms in total. The van der Waals surface area contributed by atoms with Crippen LogP contribution in [0.3, 0.4) is 0 Å². The van der Waals surface area contributed by atoms with E-state index in [1.165, 1.54) is 78.4 Å². The first kappa shape index (κ1) is 113. The summed E-state index contributed by atoms with van der Waals surface area (Å²) in [5.41, 5.74) is 20.1. The largest absolute Gasteiger partial charge is 2.00 e.